The largest absolute Gasteiger partial charge is 0.445 e. The van der Waals surface area contributed by atoms with E-state index < -0.39 is 5.60 Å². The zero-order valence-corrected chi connectivity index (χ0v) is 14.6. The molecule has 132 valence electrons. The molecule has 4 nitrogen and oxygen atoms in total. The van der Waals surface area contributed by atoms with E-state index in [4.69, 9.17) is 4.74 Å². The monoisotopic (exact) mass is 339 g/mol. The number of piperidine rings is 1. The molecule has 0 aromatic heterocycles. The summed E-state index contributed by atoms with van der Waals surface area (Å²) in [5.41, 5.74) is 2.57. The van der Waals surface area contributed by atoms with Crippen molar-refractivity contribution in [3.05, 3.63) is 71.3 Å². The number of amides is 1. The summed E-state index contributed by atoms with van der Waals surface area (Å²) in [6.07, 6.45) is 1.46. The molecule has 3 rings (SSSR count). The van der Waals surface area contributed by atoms with Gasteiger partial charge in [0.1, 0.15) is 6.61 Å². The summed E-state index contributed by atoms with van der Waals surface area (Å²) in [5.74, 6) is 0. The van der Waals surface area contributed by atoms with Gasteiger partial charge in [-0.05, 0) is 30.9 Å². The minimum absolute atomic E-state index is 0.281. The molecule has 1 fully saturated rings. The molecule has 1 aliphatic heterocycles. The predicted octanol–water partition coefficient (Wildman–Crippen LogP) is 3.70. The quantitative estimate of drug-likeness (QED) is 0.924. The lowest BCUT2D eigenvalue weighted by molar-refractivity contribution is -0.0206. The van der Waals surface area contributed by atoms with Crippen molar-refractivity contribution in [2.75, 3.05) is 13.1 Å². The van der Waals surface area contributed by atoms with Gasteiger partial charge >= 0.3 is 6.09 Å². The highest BCUT2D eigenvalue weighted by atomic mass is 16.6. The van der Waals surface area contributed by atoms with Crippen LogP contribution in [0.5, 0.6) is 0 Å². The highest BCUT2D eigenvalue weighted by Crippen LogP contribution is 2.27. The Labute approximate surface area is 149 Å². The molecular weight excluding hydrogens is 314 g/mol. The third-order valence-electron chi connectivity index (χ3n) is 4.77. The number of aliphatic hydroxyl groups is 1. The van der Waals surface area contributed by atoms with Crippen LogP contribution in [0, 0.1) is 6.92 Å². The van der Waals surface area contributed by atoms with Gasteiger partial charge in [-0.3, -0.25) is 0 Å². The van der Waals surface area contributed by atoms with Crippen molar-refractivity contribution in [3.63, 3.8) is 0 Å². The molecular formula is C21H25NO3. The van der Waals surface area contributed by atoms with Crippen LogP contribution in [-0.4, -0.2) is 34.8 Å². The molecule has 1 saturated heterocycles. The standard InChI is InChI=1S/C21H25NO3/c1-17-6-5-9-19(14-17)15-21(24)10-12-22(13-11-21)20(23)25-16-18-7-3-2-4-8-18/h2-9,14,24H,10-13,15-16H2,1H3. The molecule has 0 saturated carbocycles. The van der Waals surface area contributed by atoms with Gasteiger partial charge in [0.25, 0.3) is 0 Å². The molecule has 2 aromatic rings. The van der Waals surface area contributed by atoms with Crippen molar-refractivity contribution in [3.8, 4) is 0 Å². The van der Waals surface area contributed by atoms with Crippen molar-refractivity contribution in [2.24, 2.45) is 0 Å². The van der Waals surface area contributed by atoms with E-state index in [-0.39, 0.29) is 12.7 Å². The summed E-state index contributed by atoms with van der Waals surface area (Å²) < 4.78 is 5.38. The summed E-state index contributed by atoms with van der Waals surface area (Å²) >= 11 is 0. The molecule has 0 spiro atoms. The lowest BCUT2D eigenvalue weighted by atomic mass is 9.85. The summed E-state index contributed by atoms with van der Waals surface area (Å²) in [6, 6.07) is 17.9. The lowest BCUT2D eigenvalue weighted by Gasteiger charge is -2.37. The molecule has 4 heteroatoms. The van der Waals surface area contributed by atoms with E-state index in [1.54, 1.807) is 4.90 Å². The van der Waals surface area contributed by atoms with Gasteiger partial charge in [-0.1, -0.05) is 60.2 Å². The van der Waals surface area contributed by atoms with E-state index >= 15 is 0 Å². The summed E-state index contributed by atoms with van der Waals surface area (Å²) in [6.45, 7) is 3.38. The van der Waals surface area contributed by atoms with Crippen molar-refractivity contribution in [1.29, 1.82) is 0 Å². The van der Waals surface area contributed by atoms with Gasteiger partial charge in [-0.15, -0.1) is 0 Å². The second-order valence-corrected chi connectivity index (χ2v) is 6.92. The minimum atomic E-state index is -0.746. The molecule has 0 aliphatic carbocycles. The van der Waals surface area contributed by atoms with Crippen molar-refractivity contribution >= 4 is 6.09 Å². The fraction of sp³-hybridized carbons (Fsp3) is 0.381. The average Bonchev–Trinajstić information content (AvgIpc) is 2.61. The molecule has 1 amide bonds. The van der Waals surface area contributed by atoms with E-state index in [2.05, 4.69) is 19.1 Å². The smallest absolute Gasteiger partial charge is 0.410 e. The molecule has 2 aromatic carbocycles. The second-order valence-electron chi connectivity index (χ2n) is 6.92. The first-order valence-corrected chi connectivity index (χ1v) is 8.78. The maximum Gasteiger partial charge on any atom is 0.410 e. The van der Waals surface area contributed by atoms with Crippen LogP contribution in [0.2, 0.25) is 0 Å². The number of likely N-dealkylation sites (tertiary alicyclic amines) is 1. The fourth-order valence-electron chi connectivity index (χ4n) is 3.29. The SMILES string of the molecule is Cc1cccc(CC2(O)CCN(C(=O)OCc3ccccc3)CC2)c1. The molecule has 0 atom stereocenters. The third kappa shape index (κ3) is 4.83. The van der Waals surface area contributed by atoms with E-state index in [1.807, 2.05) is 42.5 Å². The Kier molecular flexibility index (Phi) is 5.39. The van der Waals surface area contributed by atoms with Gasteiger partial charge in [0.05, 0.1) is 5.60 Å². The first kappa shape index (κ1) is 17.5. The van der Waals surface area contributed by atoms with Crippen molar-refractivity contribution in [2.45, 2.75) is 38.4 Å². The maximum atomic E-state index is 12.2. The van der Waals surface area contributed by atoms with Gasteiger partial charge in [0, 0.05) is 19.5 Å². The summed E-state index contributed by atoms with van der Waals surface area (Å²) in [5, 5.41) is 10.8. The number of carbonyl (C=O) groups excluding carboxylic acids is 1. The normalized spacial score (nSPS) is 16.5. The summed E-state index contributed by atoms with van der Waals surface area (Å²) in [7, 11) is 0. The molecule has 0 unspecified atom stereocenters. The van der Waals surface area contributed by atoms with Crippen molar-refractivity contribution in [1.82, 2.24) is 4.90 Å². The lowest BCUT2D eigenvalue weighted by Crippen LogP contribution is -2.47. The fourth-order valence-corrected chi connectivity index (χ4v) is 3.29. The number of rotatable bonds is 4. The Morgan fingerprint density at radius 3 is 2.44 bits per heavy atom. The van der Waals surface area contributed by atoms with Gasteiger partial charge in [0.15, 0.2) is 0 Å². The Balaban J connectivity index is 1.49. The molecule has 25 heavy (non-hydrogen) atoms. The maximum absolute atomic E-state index is 12.2. The van der Waals surface area contributed by atoms with E-state index in [0.717, 1.165) is 11.1 Å². The van der Waals surface area contributed by atoms with E-state index in [1.165, 1.54) is 5.56 Å². The van der Waals surface area contributed by atoms with Crippen LogP contribution in [0.25, 0.3) is 0 Å². The minimum Gasteiger partial charge on any atom is -0.445 e. The molecule has 0 radical (unpaired) electrons. The van der Waals surface area contributed by atoms with Gasteiger partial charge < -0.3 is 14.7 Å². The van der Waals surface area contributed by atoms with Gasteiger partial charge in [-0.2, -0.15) is 0 Å². The van der Waals surface area contributed by atoms with Crippen LogP contribution in [0.1, 0.15) is 29.5 Å². The average molecular weight is 339 g/mol. The Bertz CT molecular complexity index is 706. The number of benzene rings is 2. The Morgan fingerprint density at radius 2 is 1.76 bits per heavy atom. The first-order valence-electron chi connectivity index (χ1n) is 8.78. The number of carbonyl (C=O) groups is 1. The number of ether oxygens (including phenoxy) is 1. The topological polar surface area (TPSA) is 49.8 Å². The molecule has 1 heterocycles. The second kappa shape index (κ2) is 7.70. The number of aryl methyl sites for hydroxylation is 1. The van der Waals surface area contributed by atoms with E-state index in [9.17, 15) is 9.90 Å². The first-order chi connectivity index (χ1) is 12.0. The van der Waals surface area contributed by atoms with Gasteiger partial charge in [0.2, 0.25) is 0 Å². The molecule has 1 N–H and O–H groups in total. The summed E-state index contributed by atoms with van der Waals surface area (Å²) in [4.78, 5) is 13.9. The van der Waals surface area contributed by atoms with Crippen LogP contribution < -0.4 is 0 Å². The molecule has 0 bridgehead atoms. The third-order valence-corrected chi connectivity index (χ3v) is 4.77. The van der Waals surface area contributed by atoms with Crippen LogP contribution in [-0.2, 0) is 17.8 Å². The van der Waals surface area contributed by atoms with E-state index in [0.29, 0.717) is 32.4 Å². The van der Waals surface area contributed by atoms with Crippen molar-refractivity contribution < 1.29 is 14.6 Å². The zero-order chi connectivity index (χ0) is 17.7. The zero-order valence-electron chi connectivity index (χ0n) is 14.6. The predicted molar refractivity (Wildman–Crippen MR) is 97.3 cm³/mol. The van der Waals surface area contributed by atoms with Crippen LogP contribution in [0.3, 0.4) is 0 Å². The Morgan fingerprint density at radius 1 is 1.08 bits per heavy atom. The number of nitrogens with zero attached hydrogens (tertiary/aromatic N) is 1. The number of hydrogen-bond acceptors (Lipinski definition) is 3. The van der Waals surface area contributed by atoms with Crippen LogP contribution in [0.15, 0.2) is 54.6 Å². The number of hydrogen-bond donors (Lipinski definition) is 1. The molecule has 1 aliphatic rings. The van der Waals surface area contributed by atoms with Gasteiger partial charge in [-0.25, -0.2) is 4.79 Å². The highest BCUT2D eigenvalue weighted by Gasteiger charge is 2.34. The highest BCUT2D eigenvalue weighted by molar-refractivity contribution is 5.67. The Hall–Kier alpha value is -2.33. The van der Waals surface area contributed by atoms with Crippen LogP contribution >= 0.6 is 0 Å². The van der Waals surface area contributed by atoms with Crippen LogP contribution in [0.4, 0.5) is 4.79 Å².